The number of aromatic nitrogens is 2. The standard InChI is InChI=1S/C15H20N4O2/c20-14(11-2-5-21-10-11)18-6-12-8-19(9-13(12)7-18)15-16-3-1-4-17-15/h1,3-4,11-13H,2,5-10H2. The molecule has 3 fully saturated rings. The van der Waals surface area contributed by atoms with Gasteiger partial charge in [0.1, 0.15) is 0 Å². The molecule has 0 radical (unpaired) electrons. The molecule has 1 aromatic heterocycles. The monoisotopic (exact) mass is 288 g/mol. The van der Waals surface area contributed by atoms with Gasteiger partial charge >= 0.3 is 0 Å². The number of rotatable bonds is 2. The number of likely N-dealkylation sites (tertiary alicyclic amines) is 1. The predicted octanol–water partition coefficient (Wildman–Crippen LogP) is 0.408. The molecule has 3 saturated heterocycles. The van der Waals surface area contributed by atoms with Crippen molar-refractivity contribution >= 4 is 11.9 Å². The lowest BCUT2D eigenvalue weighted by atomic mass is 10.0. The topological polar surface area (TPSA) is 58.6 Å². The van der Waals surface area contributed by atoms with Crippen LogP contribution < -0.4 is 4.90 Å². The number of hydrogen-bond acceptors (Lipinski definition) is 5. The summed E-state index contributed by atoms with van der Waals surface area (Å²) in [6.45, 7) is 5.01. The van der Waals surface area contributed by atoms with Crippen LogP contribution in [0, 0.1) is 17.8 Å². The molecule has 0 spiro atoms. The lowest BCUT2D eigenvalue weighted by Crippen LogP contribution is -2.37. The molecular weight excluding hydrogens is 268 g/mol. The van der Waals surface area contributed by atoms with Gasteiger partial charge in [-0.1, -0.05) is 0 Å². The molecular formula is C15H20N4O2. The molecule has 4 rings (SSSR count). The first-order valence-corrected chi connectivity index (χ1v) is 7.70. The first-order valence-electron chi connectivity index (χ1n) is 7.70. The van der Waals surface area contributed by atoms with Crippen molar-refractivity contribution in [3.63, 3.8) is 0 Å². The van der Waals surface area contributed by atoms with Gasteiger partial charge in [-0.15, -0.1) is 0 Å². The molecule has 21 heavy (non-hydrogen) atoms. The van der Waals surface area contributed by atoms with Gasteiger partial charge in [0, 0.05) is 57.0 Å². The van der Waals surface area contributed by atoms with Crippen LogP contribution in [0.5, 0.6) is 0 Å². The lowest BCUT2D eigenvalue weighted by molar-refractivity contribution is -0.134. The molecule has 1 aromatic rings. The molecule has 1 amide bonds. The maximum atomic E-state index is 12.4. The maximum absolute atomic E-state index is 12.4. The van der Waals surface area contributed by atoms with E-state index in [4.69, 9.17) is 4.74 Å². The summed E-state index contributed by atoms with van der Waals surface area (Å²) in [7, 11) is 0. The zero-order valence-electron chi connectivity index (χ0n) is 12.0. The second-order valence-corrected chi connectivity index (χ2v) is 6.28. The molecule has 0 aliphatic carbocycles. The van der Waals surface area contributed by atoms with Crippen LogP contribution in [0.2, 0.25) is 0 Å². The van der Waals surface area contributed by atoms with Crippen LogP contribution in [-0.2, 0) is 9.53 Å². The fourth-order valence-electron chi connectivity index (χ4n) is 3.78. The first kappa shape index (κ1) is 13.0. The van der Waals surface area contributed by atoms with Gasteiger partial charge in [0.05, 0.1) is 12.5 Å². The van der Waals surface area contributed by atoms with E-state index in [-0.39, 0.29) is 5.92 Å². The fraction of sp³-hybridized carbons (Fsp3) is 0.667. The number of carbonyl (C=O) groups is 1. The minimum absolute atomic E-state index is 0.0948. The first-order chi connectivity index (χ1) is 10.3. The van der Waals surface area contributed by atoms with Crippen molar-refractivity contribution in [1.29, 1.82) is 0 Å². The average Bonchev–Trinajstić information content (AvgIpc) is 3.23. The third-order valence-electron chi connectivity index (χ3n) is 4.91. The number of nitrogens with zero attached hydrogens (tertiary/aromatic N) is 4. The summed E-state index contributed by atoms with van der Waals surface area (Å²) in [5.41, 5.74) is 0. The van der Waals surface area contributed by atoms with Crippen molar-refractivity contribution in [3.05, 3.63) is 18.5 Å². The minimum Gasteiger partial charge on any atom is -0.381 e. The Balaban J connectivity index is 1.38. The van der Waals surface area contributed by atoms with Crippen LogP contribution in [-0.4, -0.2) is 60.2 Å². The van der Waals surface area contributed by atoms with E-state index in [1.807, 2.05) is 6.07 Å². The number of hydrogen-bond donors (Lipinski definition) is 0. The number of ether oxygens (including phenoxy) is 1. The minimum atomic E-state index is 0.0948. The number of carbonyl (C=O) groups excluding carboxylic acids is 1. The highest BCUT2D eigenvalue weighted by atomic mass is 16.5. The molecule has 0 N–H and O–H groups in total. The van der Waals surface area contributed by atoms with Gasteiger partial charge < -0.3 is 14.5 Å². The van der Waals surface area contributed by atoms with Gasteiger partial charge in [-0.25, -0.2) is 9.97 Å². The molecule has 3 aliphatic rings. The van der Waals surface area contributed by atoms with Gasteiger partial charge in [0.15, 0.2) is 0 Å². The third-order valence-corrected chi connectivity index (χ3v) is 4.91. The van der Waals surface area contributed by atoms with E-state index in [2.05, 4.69) is 19.8 Å². The van der Waals surface area contributed by atoms with E-state index in [0.717, 1.165) is 45.2 Å². The maximum Gasteiger partial charge on any atom is 0.228 e. The van der Waals surface area contributed by atoms with Crippen LogP contribution in [0.4, 0.5) is 5.95 Å². The molecule has 3 atom stereocenters. The Bertz CT molecular complexity index is 504. The van der Waals surface area contributed by atoms with Crippen LogP contribution in [0.25, 0.3) is 0 Å². The van der Waals surface area contributed by atoms with Crippen molar-refractivity contribution in [1.82, 2.24) is 14.9 Å². The molecule has 3 unspecified atom stereocenters. The van der Waals surface area contributed by atoms with Crippen molar-refractivity contribution in [2.75, 3.05) is 44.3 Å². The predicted molar refractivity (Wildman–Crippen MR) is 76.7 cm³/mol. The quantitative estimate of drug-likeness (QED) is 0.789. The third kappa shape index (κ3) is 2.37. The van der Waals surface area contributed by atoms with Crippen LogP contribution in [0.3, 0.4) is 0 Å². The Hall–Kier alpha value is -1.69. The van der Waals surface area contributed by atoms with Gasteiger partial charge in [0.25, 0.3) is 0 Å². The van der Waals surface area contributed by atoms with E-state index in [1.165, 1.54) is 0 Å². The zero-order valence-corrected chi connectivity index (χ0v) is 12.0. The number of fused-ring (bicyclic) bond motifs is 1. The smallest absolute Gasteiger partial charge is 0.228 e. The zero-order chi connectivity index (χ0) is 14.2. The highest BCUT2D eigenvalue weighted by Gasteiger charge is 2.43. The fourth-order valence-corrected chi connectivity index (χ4v) is 3.78. The SMILES string of the molecule is O=C(C1CCOC1)N1CC2CN(c3ncccn3)CC2C1. The van der Waals surface area contributed by atoms with Crippen LogP contribution >= 0.6 is 0 Å². The van der Waals surface area contributed by atoms with Gasteiger partial charge in [0.2, 0.25) is 11.9 Å². The Morgan fingerprint density at radius 2 is 1.86 bits per heavy atom. The van der Waals surface area contributed by atoms with E-state index < -0.39 is 0 Å². The Morgan fingerprint density at radius 3 is 2.48 bits per heavy atom. The van der Waals surface area contributed by atoms with Gasteiger partial charge in [-0.05, 0) is 12.5 Å². The summed E-state index contributed by atoms with van der Waals surface area (Å²) in [6, 6.07) is 1.84. The molecule has 6 heteroatoms. The summed E-state index contributed by atoms with van der Waals surface area (Å²) in [6.07, 6.45) is 4.45. The van der Waals surface area contributed by atoms with E-state index in [0.29, 0.717) is 24.3 Å². The highest BCUT2D eigenvalue weighted by molar-refractivity contribution is 5.79. The Morgan fingerprint density at radius 1 is 1.14 bits per heavy atom. The van der Waals surface area contributed by atoms with Crippen molar-refractivity contribution in [3.8, 4) is 0 Å². The largest absolute Gasteiger partial charge is 0.381 e. The molecule has 0 aromatic carbocycles. The highest BCUT2D eigenvalue weighted by Crippen LogP contribution is 2.33. The summed E-state index contributed by atoms with van der Waals surface area (Å²) in [4.78, 5) is 25.4. The lowest BCUT2D eigenvalue weighted by Gasteiger charge is -2.23. The van der Waals surface area contributed by atoms with E-state index in [9.17, 15) is 4.79 Å². The van der Waals surface area contributed by atoms with Gasteiger partial charge in [-0.3, -0.25) is 4.79 Å². The van der Waals surface area contributed by atoms with Gasteiger partial charge in [-0.2, -0.15) is 0 Å². The summed E-state index contributed by atoms with van der Waals surface area (Å²) in [5.74, 6) is 2.32. The summed E-state index contributed by atoms with van der Waals surface area (Å²) in [5, 5.41) is 0. The number of amides is 1. The Labute approximate surface area is 124 Å². The molecule has 0 bridgehead atoms. The normalized spacial score (nSPS) is 31.7. The second-order valence-electron chi connectivity index (χ2n) is 6.28. The van der Waals surface area contributed by atoms with Crippen molar-refractivity contribution in [2.24, 2.45) is 17.8 Å². The van der Waals surface area contributed by atoms with E-state index >= 15 is 0 Å². The van der Waals surface area contributed by atoms with Crippen LogP contribution in [0.1, 0.15) is 6.42 Å². The molecule has 6 nitrogen and oxygen atoms in total. The van der Waals surface area contributed by atoms with Crippen LogP contribution in [0.15, 0.2) is 18.5 Å². The van der Waals surface area contributed by atoms with Crippen molar-refractivity contribution < 1.29 is 9.53 Å². The molecule has 112 valence electrons. The second kappa shape index (κ2) is 5.26. The van der Waals surface area contributed by atoms with Crippen molar-refractivity contribution in [2.45, 2.75) is 6.42 Å². The average molecular weight is 288 g/mol. The number of anilines is 1. The summed E-state index contributed by atoms with van der Waals surface area (Å²) >= 11 is 0. The molecule has 4 heterocycles. The molecule has 0 saturated carbocycles. The molecule has 3 aliphatic heterocycles. The Kier molecular flexibility index (Phi) is 3.25. The summed E-state index contributed by atoms with van der Waals surface area (Å²) < 4.78 is 5.33. The van der Waals surface area contributed by atoms with E-state index in [1.54, 1.807) is 12.4 Å².